The fourth-order valence-electron chi connectivity index (χ4n) is 8.97. The molecule has 0 saturated carbocycles. The molecule has 0 saturated heterocycles. The summed E-state index contributed by atoms with van der Waals surface area (Å²) in [5.41, 5.74) is 8.23. The summed E-state index contributed by atoms with van der Waals surface area (Å²) in [6.45, 7) is 2.97. The van der Waals surface area contributed by atoms with Gasteiger partial charge in [0.2, 0.25) is 0 Å². The molecule has 0 spiro atoms. The smallest absolute Gasteiger partial charge is 0.416 e. The third kappa shape index (κ3) is 12.4. The number of benzene rings is 4. The van der Waals surface area contributed by atoms with Crippen molar-refractivity contribution >= 4 is 46.4 Å². The third-order valence-electron chi connectivity index (χ3n) is 12.5. The Bertz CT molecular complexity index is 3100. The number of halogens is 7. The molecule has 0 unspecified atom stereocenters. The average Bonchev–Trinajstić information content (AvgIpc) is 4.18. The third-order valence-corrected chi connectivity index (χ3v) is 12.5. The van der Waals surface area contributed by atoms with Crippen LogP contribution < -0.4 is 33.5 Å². The number of quaternary nitrogens is 2. The second-order valence-corrected chi connectivity index (χ2v) is 20.1. The number of nitrogens with one attached hydrogen (secondary N) is 2. The van der Waals surface area contributed by atoms with Crippen LogP contribution in [0.2, 0.25) is 0 Å². The minimum atomic E-state index is -4.54. The van der Waals surface area contributed by atoms with Gasteiger partial charge in [0.15, 0.2) is 0 Å². The summed E-state index contributed by atoms with van der Waals surface area (Å²) in [5.74, 6) is 1.39. The zero-order valence-corrected chi connectivity index (χ0v) is 43.5. The lowest BCUT2D eigenvalue weighted by Crippen LogP contribution is -3.00. The maximum Gasteiger partial charge on any atom is 0.416 e. The van der Waals surface area contributed by atoms with Crippen molar-refractivity contribution in [2.45, 2.75) is 25.2 Å². The molecular weight excluding hydrogens is 1050 g/mol. The average molecular weight is 1110 g/mol. The Hall–Kier alpha value is -6.69. The molecule has 5 heterocycles. The van der Waals surface area contributed by atoms with E-state index < -0.39 is 23.5 Å². The lowest BCUT2D eigenvalue weighted by atomic mass is 10.0. The molecule has 378 valence electrons. The molecule has 8 nitrogen and oxygen atoms in total. The zero-order chi connectivity index (χ0) is 51.0. The van der Waals surface area contributed by atoms with Crippen molar-refractivity contribution in [1.29, 1.82) is 0 Å². The quantitative estimate of drug-likeness (QED) is 0.0492. The molecule has 2 aliphatic rings. The van der Waals surface area contributed by atoms with Crippen LogP contribution in [0.25, 0.3) is 90.9 Å². The lowest BCUT2D eigenvalue weighted by Gasteiger charge is -2.23. The predicted molar refractivity (Wildman–Crippen MR) is 277 cm³/mol. The highest BCUT2D eigenvalue weighted by Gasteiger charge is 2.31. The maximum absolute atomic E-state index is 13.9. The molecule has 0 amide bonds. The summed E-state index contributed by atoms with van der Waals surface area (Å²) in [6, 6.07) is 33.1. The second-order valence-electron chi connectivity index (χ2n) is 20.1. The van der Waals surface area contributed by atoms with Crippen molar-refractivity contribution in [2.75, 3.05) is 68.6 Å². The normalized spacial score (nSPS) is 12.8. The van der Waals surface area contributed by atoms with Crippen LogP contribution in [0.3, 0.4) is 0 Å². The summed E-state index contributed by atoms with van der Waals surface area (Å²) >= 11 is 0. The standard InChI is InChI=1S/C58H56F6N6O2.HI/c1-69(2,3)33-7-35-71-43-21-13-39(14-22-43)55-49-29-25-45(65-49)53(37-9-17-41(18-10-37)57(59,60)61)47-27-31-51(67-47)56(40-15-23-44(24-16-40)72-36-8-34-70(4,5)6)52-32-28-48(68-52)54(46-26-30-50(55)66-46)38-11-19-42(20-12-38)58(62,63)64;/h9-32,65,68H,7-8,33-36H2,1-6H3;1H/q+2;/p-1. The Morgan fingerprint density at radius 1 is 0.397 bits per heavy atom. The molecule has 73 heavy (non-hydrogen) atoms. The van der Waals surface area contributed by atoms with E-state index in [1.807, 2.05) is 97.1 Å². The van der Waals surface area contributed by atoms with E-state index in [4.69, 9.17) is 19.4 Å². The van der Waals surface area contributed by atoms with E-state index in [1.165, 1.54) is 24.3 Å². The van der Waals surface area contributed by atoms with Gasteiger partial charge < -0.3 is 52.4 Å². The van der Waals surface area contributed by atoms with Crippen LogP contribution in [0.4, 0.5) is 26.3 Å². The monoisotopic (exact) mass is 1110 g/mol. The largest absolute Gasteiger partial charge is 1.00 e. The van der Waals surface area contributed by atoms with Crippen LogP contribution >= 0.6 is 0 Å². The van der Waals surface area contributed by atoms with Crippen LogP contribution in [-0.4, -0.2) is 97.5 Å². The number of fused-ring (bicyclic) bond motifs is 8. The van der Waals surface area contributed by atoms with E-state index in [-0.39, 0.29) is 24.0 Å². The second kappa shape index (κ2) is 21.0. The SMILES string of the molecule is C[N+](C)(C)CCCOc1ccc(-c2c3nc(c(-c4ccc(C(F)(F)F)cc4)c4ccc([nH]4)c(-c4ccc(OCCC[N+](C)(C)C)cc4)c4nc(c(-c5ccc(C(F)(F)F)cc5)c5ccc2[nH]5)C=C4)C=C3)cc1.[I-]. The number of aromatic nitrogens is 4. The van der Waals surface area contributed by atoms with E-state index in [1.54, 1.807) is 0 Å². The van der Waals surface area contributed by atoms with Crippen molar-refractivity contribution in [3.8, 4) is 56.0 Å². The number of rotatable bonds is 14. The van der Waals surface area contributed by atoms with Crippen molar-refractivity contribution in [3.05, 3.63) is 155 Å². The highest BCUT2D eigenvalue weighted by Crippen LogP contribution is 2.41. The minimum absolute atomic E-state index is 0. The van der Waals surface area contributed by atoms with Gasteiger partial charge in [0.25, 0.3) is 0 Å². The molecule has 2 N–H and O–H groups in total. The van der Waals surface area contributed by atoms with E-state index in [0.717, 1.165) is 70.3 Å². The van der Waals surface area contributed by atoms with Gasteiger partial charge in [0.05, 0.1) is 102 Å². The number of H-pyrrole nitrogens is 2. The number of alkyl halides is 6. The van der Waals surface area contributed by atoms with Crippen LogP contribution in [0.1, 0.15) is 46.7 Å². The Balaban J connectivity index is 0.00000711. The van der Waals surface area contributed by atoms with Crippen LogP contribution in [0, 0.1) is 0 Å². The van der Waals surface area contributed by atoms with Gasteiger partial charge in [-0.2, -0.15) is 26.3 Å². The van der Waals surface area contributed by atoms with Gasteiger partial charge in [-0.05, 0) is 119 Å². The zero-order valence-electron chi connectivity index (χ0n) is 41.4. The fourth-order valence-corrected chi connectivity index (χ4v) is 8.97. The van der Waals surface area contributed by atoms with Crippen molar-refractivity contribution < 1.29 is 68.8 Å². The Labute approximate surface area is 437 Å². The highest BCUT2D eigenvalue weighted by atomic mass is 127. The highest BCUT2D eigenvalue weighted by molar-refractivity contribution is 6.00. The molecule has 2 aliphatic heterocycles. The van der Waals surface area contributed by atoms with Crippen LogP contribution in [0.15, 0.2) is 121 Å². The van der Waals surface area contributed by atoms with Crippen LogP contribution in [0.5, 0.6) is 11.5 Å². The number of nitrogens with zero attached hydrogens (tertiary/aromatic N) is 4. The first kappa shape index (κ1) is 52.6. The molecule has 0 radical (unpaired) electrons. The van der Waals surface area contributed by atoms with Gasteiger partial charge in [-0.3, -0.25) is 0 Å². The molecule has 4 aromatic carbocycles. The number of hydrogen-bond acceptors (Lipinski definition) is 4. The maximum atomic E-state index is 13.9. The minimum Gasteiger partial charge on any atom is -1.00 e. The molecule has 15 heteroatoms. The molecule has 3 aromatic heterocycles. The molecule has 0 atom stereocenters. The van der Waals surface area contributed by atoms with Crippen molar-refractivity contribution in [3.63, 3.8) is 0 Å². The Morgan fingerprint density at radius 3 is 0.904 bits per heavy atom. The van der Waals surface area contributed by atoms with Crippen molar-refractivity contribution in [1.82, 2.24) is 19.9 Å². The predicted octanol–water partition coefficient (Wildman–Crippen LogP) is 11.3. The molecule has 7 aromatic rings. The molecular formula is C58H56F6IN6O2+. The van der Waals surface area contributed by atoms with Crippen LogP contribution in [-0.2, 0) is 12.4 Å². The fraction of sp³-hybridized carbons (Fsp3) is 0.241. The number of aromatic amines is 2. The van der Waals surface area contributed by atoms with Gasteiger partial charge in [-0.1, -0.05) is 48.5 Å². The van der Waals surface area contributed by atoms with E-state index in [2.05, 4.69) is 52.3 Å². The van der Waals surface area contributed by atoms with Gasteiger partial charge in [0, 0.05) is 57.2 Å². The Morgan fingerprint density at radius 2 is 0.658 bits per heavy atom. The van der Waals surface area contributed by atoms with Gasteiger partial charge in [-0.15, -0.1) is 0 Å². The van der Waals surface area contributed by atoms with Gasteiger partial charge in [0.1, 0.15) is 11.5 Å². The summed E-state index contributed by atoms with van der Waals surface area (Å²) in [5, 5.41) is 0. The first-order chi connectivity index (χ1) is 34.2. The number of ether oxygens (including phenoxy) is 2. The van der Waals surface area contributed by atoms with E-state index in [0.29, 0.717) is 103 Å². The van der Waals surface area contributed by atoms with E-state index in [9.17, 15) is 26.3 Å². The molecule has 9 rings (SSSR count). The van der Waals surface area contributed by atoms with Gasteiger partial charge in [-0.25, -0.2) is 9.97 Å². The molecule has 0 fully saturated rings. The molecule has 8 bridgehead atoms. The summed E-state index contributed by atoms with van der Waals surface area (Å²) in [7, 11) is 12.8. The van der Waals surface area contributed by atoms with Gasteiger partial charge >= 0.3 is 12.4 Å². The first-order valence-electron chi connectivity index (χ1n) is 23.8. The summed E-state index contributed by atoms with van der Waals surface area (Å²) in [6.07, 6.45) is 0.115. The van der Waals surface area contributed by atoms with Crippen molar-refractivity contribution in [2.24, 2.45) is 0 Å². The Kier molecular flexibility index (Phi) is 15.2. The lowest BCUT2D eigenvalue weighted by molar-refractivity contribution is -0.870. The topological polar surface area (TPSA) is 75.8 Å². The van der Waals surface area contributed by atoms with E-state index >= 15 is 0 Å². The first-order valence-corrected chi connectivity index (χ1v) is 23.8. The molecule has 0 aliphatic carbocycles. The summed E-state index contributed by atoms with van der Waals surface area (Å²) < 4.78 is 97.6. The number of hydrogen-bond donors (Lipinski definition) is 2. The summed E-state index contributed by atoms with van der Waals surface area (Å²) in [4.78, 5) is 17.7.